The van der Waals surface area contributed by atoms with Crippen LogP contribution >= 0.6 is 0 Å². The topological polar surface area (TPSA) is 127 Å². The van der Waals surface area contributed by atoms with E-state index in [4.69, 9.17) is 13.9 Å². The molecule has 3 aromatic rings. The number of aromatic nitrogens is 1. The molecule has 200 valence electrons. The molecule has 2 atom stereocenters. The van der Waals surface area contributed by atoms with Crippen LogP contribution in [-0.2, 0) is 27.7 Å². The summed E-state index contributed by atoms with van der Waals surface area (Å²) in [5, 5.41) is 12.5. The van der Waals surface area contributed by atoms with E-state index in [0.717, 1.165) is 16.7 Å². The van der Waals surface area contributed by atoms with Gasteiger partial charge in [-0.1, -0.05) is 36.4 Å². The summed E-state index contributed by atoms with van der Waals surface area (Å²) in [7, 11) is 1.66. The van der Waals surface area contributed by atoms with Gasteiger partial charge < -0.3 is 24.1 Å². The molecule has 10 nitrogen and oxygen atoms in total. The lowest BCUT2D eigenvalue weighted by atomic mass is 10.00. The molecular weight excluding hydrogens is 488 g/mol. The van der Waals surface area contributed by atoms with Gasteiger partial charge in [0.25, 0.3) is 5.91 Å². The smallest absolute Gasteiger partial charge is 0.419 e. The van der Waals surface area contributed by atoms with Gasteiger partial charge in [0.05, 0.1) is 18.1 Å². The van der Waals surface area contributed by atoms with Crippen LogP contribution in [-0.4, -0.2) is 58.9 Å². The highest BCUT2D eigenvalue weighted by Crippen LogP contribution is 2.28. The van der Waals surface area contributed by atoms with Crippen LogP contribution in [0.5, 0.6) is 0 Å². The van der Waals surface area contributed by atoms with Gasteiger partial charge in [0, 0.05) is 32.2 Å². The van der Waals surface area contributed by atoms with Crippen molar-refractivity contribution in [2.75, 3.05) is 19.7 Å². The lowest BCUT2D eigenvalue weighted by Crippen LogP contribution is -2.48. The first-order valence-electron chi connectivity index (χ1n) is 12.5. The second-order valence-electron chi connectivity index (χ2n) is 10.3. The van der Waals surface area contributed by atoms with Crippen molar-refractivity contribution in [3.05, 3.63) is 58.6 Å². The van der Waals surface area contributed by atoms with Gasteiger partial charge in [-0.15, -0.1) is 0 Å². The molecule has 1 fully saturated rings. The summed E-state index contributed by atoms with van der Waals surface area (Å²) in [6.45, 7) is 6.16. The quantitative estimate of drug-likeness (QED) is 0.546. The fraction of sp³-hybridized carbons (Fsp3) is 0.429. The molecule has 1 aliphatic rings. The van der Waals surface area contributed by atoms with E-state index in [0.29, 0.717) is 37.1 Å². The number of rotatable bonds is 5. The zero-order chi connectivity index (χ0) is 27.4. The molecule has 4 rings (SSSR count). The van der Waals surface area contributed by atoms with E-state index in [9.17, 15) is 19.6 Å². The van der Waals surface area contributed by atoms with E-state index in [2.05, 4.69) is 11.4 Å². The van der Waals surface area contributed by atoms with E-state index < -0.39 is 35.5 Å². The van der Waals surface area contributed by atoms with Crippen molar-refractivity contribution in [2.45, 2.75) is 51.4 Å². The molecule has 2 amide bonds. The SMILES string of the molecule is Cn1c(=O)oc2cccc(-c3ccc(C[C@@H](C#N)NC(=O)[C@@H]4CN(C(=O)OC(C)(C)C)CCCO4)cc3)c21. The fourth-order valence-electron chi connectivity index (χ4n) is 4.36. The molecule has 0 unspecified atom stereocenters. The van der Waals surface area contributed by atoms with Crippen LogP contribution in [0, 0.1) is 11.3 Å². The molecule has 0 bridgehead atoms. The number of oxazole rings is 1. The van der Waals surface area contributed by atoms with Crippen molar-refractivity contribution in [3.63, 3.8) is 0 Å². The van der Waals surface area contributed by atoms with Crippen molar-refractivity contribution in [3.8, 4) is 17.2 Å². The molecule has 1 aromatic heterocycles. The maximum atomic E-state index is 13.0. The summed E-state index contributed by atoms with van der Waals surface area (Å²) in [6.07, 6.45) is -0.522. The Morgan fingerprint density at radius 1 is 1.21 bits per heavy atom. The van der Waals surface area contributed by atoms with Gasteiger partial charge in [-0.2, -0.15) is 5.26 Å². The Balaban J connectivity index is 1.42. The maximum absolute atomic E-state index is 13.0. The first-order chi connectivity index (χ1) is 18.1. The van der Waals surface area contributed by atoms with Gasteiger partial charge in [0.1, 0.15) is 11.6 Å². The van der Waals surface area contributed by atoms with Crippen LogP contribution in [0.25, 0.3) is 22.2 Å². The molecule has 2 heterocycles. The van der Waals surface area contributed by atoms with Crippen LogP contribution < -0.4 is 11.1 Å². The number of carbonyl (C=O) groups is 2. The van der Waals surface area contributed by atoms with Crippen LogP contribution in [0.3, 0.4) is 0 Å². The Kier molecular flexibility index (Phi) is 7.88. The predicted molar refractivity (Wildman–Crippen MR) is 140 cm³/mol. The zero-order valence-corrected chi connectivity index (χ0v) is 22.0. The van der Waals surface area contributed by atoms with Crippen LogP contribution in [0.2, 0.25) is 0 Å². The normalized spacial score (nSPS) is 16.9. The van der Waals surface area contributed by atoms with E-state index in [1.807, 2.05) is 36.4 Å². The van der Waals surface area contributed by atoms with Crippen molar-refractivity contribution >= 4 is 23.1 Å². The molecule has 10 heteroatoms. The Morgan fingerprint density at radius 3 is 2.63 bits per heavy atom. The number of amides is 2. The van der Waals surface area contributed by atoms with Gasteiger partial charge in [-0.25, -0.2) is 9.59 Å². The Hall–Kier alpha value is -4.10. The fourth-order valence-corrected chi connectivity index (χ4v) is 4.36. The average Bonchev–Trinajstić information content (AvgIpc) is 3.03. The van der Waals surface area contributed by atoms with Crippen LogP contribution in [0.4, 0.5) is 4.79 Å². The van der Waals surface area contributed by atoms with Crippen molar-refractivity contribution < 1.29 is 23.5 Å². The molecule has 0 saturated carbocycles. The summed E-state index contributed by atoms with van der Waals surface area (Å²) >= 11 is 0. The predicted octanol–water partition coefficient (Wildman–Crippen LogP) is 3.38. The van der Waals surface area contributed by atoms with E-state index in [1.165, 1.54) is 9.47 Å². The largest absolute Gasteiger partial charge is 0.444 e. The van der Waals surface area contributed by atoms with Crippen LogP contribution in [0.15, 0.2) is 51.7 Å². The summed E-state index contributed by atoms with van der Waals surface area (Å²) < 4.78 is 17.9. The summed E-state index contributed by atoms with van der Waals surface area (Å²) in [5.74, 6) is -0.875. The minimum atomic E-state index is -0.898. The number of hydrogen-bond acceptors (Lipinski definition) is 7. The molecule has 0 spiro atoms. The summed E-state index contributed by atoms with van der Waals surface area (Å²) in [5.41, 5.74) is 3.17. The zero-order valence-electron chi connectivity index (χ0n) is 22.0. The number of aryl methyl sites for hydroxylation is 1. The third-order valence-electron chi connectivity index (χ3n) is 6.20. The van der Waals surface area contributed by atoms with Crippen molar-refractivity contribution in [1.82, 2.24) is 14.8 Å². The molecule has 0 radical (unpaired) electrons. The van der Waals surface area contributed by atoms with Crippen molar-refractivity contribution in [1.29, 1.82) is 5.26 Å². The minimum absolute atomic E-state index is 0.0512. The van der Waals surface area contributed by atoms with E-state index in [-0.39, 0.29) is 6.54 Å². The van der Waals surface area contributed by atoms with Gasteiger partial charge in [0.2, 0.25) is 0 Å². The lowest BCUT2D eigenvalue weighted by molar-refractivity contribution is -0.133. The molecule has 0 aliphatic carbocycles. The number of fused-ring (bicyclic) bond motifs is 1. The minimum Gasteiger partial charge on any atom is -0.444 e. The van der Waals surface area contributed by atoms with Gasteiger partial charge in [0.15, 0.2) is 11.7 Å². The van der Waals surface area contributed by atoms with E-state index >= 15 is 0 Å². The molecule has 38 heavy (non-hydrogen) atoms. The average molecular weight is 521 g/mol. The second-order valence-corrected chi connectivity index (χ2v) is 10.3. The highest BCUT2D eigenvalue weighted by atomic mass is 16.6. The molecule has 1 aliphatic heterocycles. The summed E-state index contributed by atoms with van der Waals surface area (Å²) in [6, 6.07) is 14.4. The monoisotopic (exact) mass is 520 g/mol. The standard InChI is InChI=1S/C28H32N4O6/c1-28(2,3)38-27(35)32-13-6-14-36-23(17-32)25(33)30-20(16-29)15-18-9-11-19(12-10-18)21-7-5-8-22-24(21)31(4)26(34)37-22/h5,7-12,20,23H,6,13-15,17H2,1-4H3,(H,30,33)/t20-,23-/m0/s1. The number of nitrogens with one attached hydrogen (secondary N) is 1. The number of benzene rings is 2. The summed E-state index contributed by atoms with van der Waals surface area (Å²) in [4.78, 5) is 38.9. The third-order valence-corrected chi connectivity index (χ3v) is 6.20. The number of carbonyl (C=O) groups excluding carboxylic acids is 2. The number of ether oxygens (including phenoxy) is 2. The van der Waals surface area contributed by atoms with Gasteiger partial charge in [-0.05, 0) is 44.4 Å². The molecule has 1 saturated heterocycles. The number of nitrogens with zero attached hydrogens (tertiary/aromatic N) is 3. The van der Waals surface area contributed by atoms with Crippen LogP contribution in [0.1, 0.15) is 32.8 Å². The van der Waals surface area contributed by atoms with Gasteiger partial charge in [-0.3, -0.25) is 9.36 Å². The third kappa shape index (κ3) is 6.23. The lowest BCUT2D eigenvalue weighted by Gasteiger charge is -2.27. The maximum Gasteiger partial charge on any atom is 0.419 e. The molecule has 1 N–H and O–H groups in total. The Morgan fingerprint density at radius 2 is 1.95 bits per heavy atom. The highest BCUT2D eigenvalue weighted by Gasteiger charge is 2.31. The Labute approximate surface area is 220 Å². The number of para-hydroxylation sites is 1. The first-order valence-corrected chi connectivity index (χ1v) is 12.5. The number of nitriles is 1. The first kappa shape index (κ1) is 26.9. The van der Waals surface area contributed by atoms with Crippen molar-refractivity contribution in [2.24, 2.45) is 7.05 Å². The second kappa shape index (κ2) is 11.1. The number of hydrogen-bond donors (Lipinski definition) is 1. The van der Waals surface area contributed by atoms with Gasteiger partial charge >= 0.3 is 11.8 Å². The highest BCUT2D eigenvalue weighted by molar-refractivity contribution is 5.91. The Bertz CT molecular complexity index is 1410. The molecular formula is C28H32N4O6. The van der Waals surface area contributed by atoms with E-state index in [1.54, 1.807) is 33.9 Å². The molecule has 2 aromatic carbocycles.